The highest BCUT2D eigenvalue weighted by molar-refractivity contribution is 7.14. The van der Waals surface area contributed by atoms with E-state index in [1.54, 1.807) is 25.3 Å². The zero-order valence-electron chi connectivity index (χ0n) is 10.5. The number of amides is 1. The monoisotopic (exact) mass is 280 g/mol. The third-order valence-electron chi connectivity index (χ3n) is 2.47. The van der Waals surface area contributed by atoms with Crippen molar-refractivity contribution in [2.45, 2.75) is 20.0 Å². The second-order valence-electron chi connectivity index (χ2n) is 4.22. The number of aromatic nitrogens is 1. The first-order chi connectivity index (χ1) is 8.95. The number of hydrogen-bond acceptors (Lipinski definition) is 4. The van der Waals surface area contributed by atoms with Crippen molar-refractivity contribution in [1.82, 2.24) is 4.98 Å². The molecule has 0 aliphatic heterocycles. The van der Waals surface area contributed by atoms with Crippen LogP contribution in [0.1, 0.15) is 34.6 Å². The number of nitrogens with one attached hydrogen (secondary N) is 1. The van der Waals surface area contributed by atoms with Crippen LogP contribution in [-0.4, -0.2) is 16.0 Å². The molecule has 100 valence electrons. The standard InChI is InChI=1S/C13H13FN2O2S/c1-7-3-9(5-10(14)4-7)12(18)16-13-15-11(6-19-13)8(2)17/h3-6,8,17H,1-2H3,(H,15,16,18). The van der Waals surface area contributed by atoms with Gasteiger partial charge in [-0.3, -0.25) is 10.1 Å². The molecule has 0 fully saturated rings. The van der Waals surface area contributed by atoms with Gasteiger partial charge in [0, 0.05) is 10.9 Å². The molecule has 0 spiro atoms. The van der Waals surface area contributed by atoms with E-state index in [2.05, 4.69) is 10.3 Å². The summed E-state index contributed by atoms with van der Waals surface area (Å²) in [7, 11) is 0. The summed E-state index contributed by atoms with van der Waals surface area (Å²) in [6, 6.07) is 4.12. The van der Waals surface area contributed by atoms with E-state index in [-0.39, 0.29) is 5.56 Å². The average Bonchev–Trinajstić information content (AvgIpc) is 2.76. The van der Waals surface area contributed by atoms with Crippen molar-refractivity contribution in [2.75, 3.05) is 5.32 Å². The zero-order chi connectivity index (χ0) is 14.0. The van der Waals surface area contributed by atoms with E-state index in [9.17, 15) is 14.3 Å². The van der Waals surface area contributed by atoms with E-state index < -0.39 is 17.8 Å². The Morgan fingerprint density at radius 1 is 1.47 bits per heavy atom. The van der Waals surface area contributed by atoms with Gasteiger partial charge < -0.3 is 5.11 Å². The summed E-state index contributed by atoms with van der Waals surface area (Å²) in [6.45, 7) is 3.31. The fraction of sp³-hybridized carbons (Fsp3) is 0.231. The van der Waals surface area contributed by atoms with Crippen molar-refractivity contribution in [3.05, 3.63) is 46.2 Å². The number of carbonyl (C=O) groups is 1. The van der Waals surface area contributed by atoms with E-state index in [0.29, 0.717) is 16.4 Å². The minimum absolute atomic E-state index is 0.242. The summed E-state index contributed by atoms with van der Waals surface area (Å²) in [5, 5.41) is 14.0. The van der Waals surface area contributed by atoms with Crippen molar-refractivity contribution in [3.63, 3.8) is 0 Å². The largest absolute Gasteiger partial charge is 0.387 e. The number of carbonyl (C=O) groups excluding carboxylic acids is 1. The van der Waals surface area contributed by atoms with Crippen LogP contribution in [0, 0.1) is 12.7 Å². The van der Waals surface area contributed by atoms with Crippen LogP contribution in [0.3, 0.4) is 0 Å². The van der Waals surface area contributed by atoms with Gasteiger partial charge in [-0.1, -0.05) is 0 Å². The Balaban J connectivity index is 2.15. The average molecular weight is 280 g/mol. The van der Waals surface area contributed by atoms with Crippen LogP contribution in [0.4, 0.5) is 9.52 Å². The second-order valence-corrected chi connectivity index (χ2v) is 5.08. The normalized spacial score (nSPS) is 12.2. The molecule has 0 radical (unpaired) electrons. The molecule has 19 heavy (non-hydrogen) atoms. The molecule has 1 aromatic heterocycles. The Kier molecular flexibility index (Phi) is 3.92. The van der Waals surface area contributed by atoms with Gasteiger partial charge >= 0.3 is 0 Å². The van der Waals surface area contributed by atoms with Crippen LogP contribution in [0.2, 0.25) is 0 Å². The molecule has 1 unspecified atom stereocenters. The highest BCUT2D eigenvalue weighted by Gasteiger charge is 2.12. The molecule has 0 saturated heterocycles. The Bertz CT molecular complexity index is 590. The number of thiazole rings is 1. The summed E-state index contributed by atoms with van der Waals surface area (Å²) >= 11 is 1.21. The van der Waals surface area contributed by atoms with Gasteiger partial charge in [0.15, 0.2) is 5.13 Å². The zero-order valence-corrected chi connectivity index (χ0v) is 11.3. The first-order valence-electron chi connectivity index (χ1n) is 5.68. The van der Waals surface area contributed by atoms with Gasteiger partial charge in [-0.05, 0) is 37.6 Å². The van der Waals surface area contributed by atoms with Crippen LogP contribution in [-0.2, 0) is 0 Å². The highest BCUT2D eigenvalue weighted by atomic mass is 32.1. The number of halogens is 1. The summed E-state index contributed by atoms with van der Waals surface area (Å²) in [6.07, 6.45) is -0.682. The molecule has 4 nitrogen and oxygen atoms in total. The third kappa shape index (κ3) is 3.36. The Morgan fingerprint density at radius 2 is 2.21 bits per heavy atom. The van der Waals surface area contributed by atoms with Crippen molar-refractivity contribution < 1.29 is 14.3 Å². The van der Waals surface area contributed by atoms with Gasteiger partial charge in [0.25, 0.3) is 5.91 Å². The second kappa shape index (κ2) is 5.46. The van der Waals surface area contributed by atoms with E-state index >= 15 is 0 Å². The molecule has 0 saturated carbocycles. The Labute approximate surface area is 113 Å². The maximum atomic E-state index is 13.2. The topological polar surface area (TPSA) is 62.2 Å². The van der Waals surface area contributed by atoms with Crippen LogP contribution in [0.5, 0.6) is 0 Å². The molecule has 0 bridgehead atoms. The molecule has 1 heterocycles. The first kappa shape index (κ1) is 13.6. The fourth-order valence-corrected chi connectivity index (χ4v) is 2.36. The van der Waals surface area contributed by atoms with Gasteiger partial charge in [0.05, 0.1) is 11.8 Å². The van der Waals surface area contributed by atoms with Crippen LogP contribution in [0.15, 0.2) is 23.6 Å². The Hall–Kier alpha value is -1.79. The minimum Gasteiger partial charge on any atom is -0.387 e. The predicted octanol–water partition coefficient (Wildman–Crippen LogP) is 2.90. The number of nitrogens with zero attached hydrogens (tertiary/aromatic N) is 1. The van der Waals surface area contributed by atoms with Crippen LogP contribution < -0.4 is 5.32 Å². The quantitative estimate of drug-likeness (QED) is 0.908. The van der Waals surface area contributed by atoms with Gasteiger partial charge in [-0.15, -0.1) is 11.3 Å². The molecule has 2 rings (SSSR count). The molecular weight excluding hydrogens is 267 g/mol. The van der Waals surface area contributed by atoms with Crippen molar-refractivity contribution in [3.8, 4) is 0 Å². The molecule has 2 aromatic rings. The number of benzene rings is 1. The summed E-state index contributed by atoms with van der Waals surface area (Å²) in [5.41, 5.74) is 1.41. The van der Waals surface area contributed by atoms with Crippen molar-refractivity contribution in [1.29, 1.82) is 0 Å². The molecule has 0 aliphatic rings. The first-order valence-corrected chi connectivity index (χ1v) is 6.55. The summed E-state index contributed by atoms with van der Waals surface area (Å²) < 4.78 is 13.2. The van der Waals surface area contributed by atoms with Crippen molar-refractivity contribution in [2.24, 2.45) is 0 Å². The van der Waals surface area contributed by atoms with E-state index in [1.807, 2.05) is 0 Å². The maximum Gasteiger partial charge on any atom is 0.257 e. The van der Waals surface area contributed by atoms with Crippen LogP contribution >= 0.6 is 11.3 Å². The number of aliphatic hydroxyl groups is 1. The Morgan fingerprint density at radius 3 is 2.79 bits per heavy atom. The van der Waals surface area contributed by atoms with Gasteiger partial charge in [0.1, 0.15) is 5.82 Å². The number of anilines is 1. The van der Waals surface area contributed by atoms with E-state index in [1.165, 1.54) is 23.5 Å². The third-order valence-corrected chi connectivity index (χ3v) is 3.25. The number of aliphatic hydroxyl groups excluding tert-OH is 1. The minimum atomic E-state index is -0.682. The van der Waals surface area contributed by atoms with Crippen molar-refractivity contribution >= 4 is 22.4 Å². The fourth-order valence-electron chi connectivity index (χ4n) is 1.57. The lowest BCUT2D eigenvalue weighted by Gasteiger charge is -2.03. The molecular formula is C13H13FN2O2S. The number of rotatable bonds is 3. The molecule has 1 atom stereocenters. The smallest absolute Gasteiger partial charge is 0.257 e. The molecule has 2 N–H and O–H groups in total. The van der Waals surface area contributed by atoms with Gasteiger partial charge in [-0.2, -0.15) is 0 Å². The van der Waals surface area contributed by atoms with Crippen LogP contribution in [0.25, 0.3) is 0 Å². The lowest BCUT2D eigenvalue weighted by Crippen LogP contribution is -2.12. The molecule has 1 amide bonds. The lowest BCUT2D eigenvalue weighted by atomic mass is 10.1. The van der Waals surface area contributed by atoms with Gasteiger partial charge in [0.2, 0.25) is 0 Å². The molecule has 6 heteroatoms. The number of hydrogen-bond donors (Lipinski definition) is 2. The van der Waals surface area contributed by atoms with E-state index in [4.69, 9.17) is 0 Å². The molecule has 0 aliphatic carbocycles. The predicted molar refractivity (Wildman–Crippen MR) is 71.8 cm³/mol. The van der Waals surface area contributed by atoms with Gasteiger partial charge in [-0.25, -0.2) is 9.37 Å². The van der Waals surface area contributed by atoms with E-state index in [0.717, 1.165) is 0 Å². The maximum absolute atomic E-state index is 13.2. The number of aryl methyl sites for hydroxylation is 1. The highest BCUT2D eigenvalue weighted by Crippen LogP contribution is 2.21. The SMILES string of the molecule is Cc1cc(F)cc(C(=O)Nc2nc(C(C)O)cs2)c1. The summed E-state index contributed by atoms with van der Waals surface area (Å²) in [5.74, 6) is -0.872. The summed E-state index contributed by atoms with van der Waals surface area (Å²) in [4.78, 5) is 16.0. The lowest BCUT2D eigenvalue weighted by molar-refractivity contribution is 0.102. The molecule has 1 aromatic carbocycles.